The molecule has 1 rings (SSSR count). The molecule has 2 heteroatoms. The maximum absolute atomic E-state index is 6.08. The molecule has 0 bridgehead atoms. The Labute approximate surface area is 108 Å². The normalized spacial score (nSPS) is 25.8. The Morgan fingerprint density at radius 2 is 1.76 bits per heavy atom. The molecule has 0 radical (unpaired) electrons. The minimum atomic E-state index is 0.466. The first-order valence-electron chi connectivity index (χ1n) is 7.67. The highest BCUT2D eigenvalue weighted by molar-refractivity contribution is 4.79. The van der Waals surface area contributed by atoms with Crippen LogP contribution in [0.5, 0.6) is 0 Å². The van der Waals surface area contributed by atoms with Crippen LogP contribution in [0.4, 0.5) is 0 Å². The lowest BCUT2D eigenvalue weighted by molar-refractivity contribution is 0.0218. The molecule has 0 spiro atoms. The summed E-state index contributed by atoms with van der Waals surface area (Å²) in [5, 5.41) is 3.43. The summed E-state index contributed by atoms with van der Waals surface area (Å²) < 4.78 is 6.08. The standard InChI is InChI=1S/C15H31NO/c1-3-4-5-6-10-13-17-15-12-9-7-8-11-14(15)16-2/h14-16H,3-13H2,1-2H3. The van der Waals surface area contributed by atoms with Gasteiger partial charge in [-0.1, -0.05) is 51.9 Å². The zero-order valence-electron chi connectivity index (χ0n) is 11.8. The maximum atomic E-state index is 6.08. The first kappa shape index (κ1) is 15.0. The van der Waals surface area contributed by atoms with Crippen LogP contribution < -0.4 is 5.32 Å². The quantitative estimate of drug-likeness (QED) is 0.514. The summed E-state index contributed by atoms with van der Waals surface area (Å²) in [7, 11) is 2.08. The SMILES string of the molecule is CCCCCCCOC1CCCCCC1NC. The Morgan fingerprint density at radius 1 is 1.00 bits per heavy atom. The molecule has 17 heavy (non-hydrogen) atoms. The molecule has 0 heterocycles. The van der Waals surface area contributed by atoms with Crippen molar-refractivity contribution < 1.29 is 4.74 Å². The van der Waals surface area contributed by atoms with Gasteiger partial charge in [-0.05, 0) is 26.3 Å². The van der Waals surface area contributed by atoms with Gasteiger partial charge in [-0.25, -0.2) is 0 Å². The third-order valence-corrected chi connectivity index (χ3v) is 3.90. The lowest BCUT2D eigenvalue weighted by Gasteiger charge is -2.25. The van der Waals surface area contributed by atoms with Gasteiger partial charge >= 0.3 is 0 Å². The second-order valence-electron chi connectivity index (χ2n) is 5.36. The molecule has 0 aliphatic heterocycles. The minimum Gasteiger partial charge on any atom is -0.377 e. The monoisotopic (exact) mass is 241 g/mol. The van der Waals surface area contributed by atoms with Gasteiger partial charge in [0.15, 0.2) is 0 Å². The molecule has 1 fully saturated rings. The number of rotatable bonds is 8. The smallest absolute Gasteiger partial charge is 0.0727 e. The van der Waals surface area contributed by atoms with Gasteiger partial charge in [0.1, 0.15) is 0 Å². The van der Waals surface area contributed by atoms with Crippen LogP contribution in [0.3, 0.4) is 0 Å². The highest BCUT2D eigenvalue weighted by atomic mass is 16.5. The number of nitrogens with one attached hydrogen (secondary N) is 1. The van der Waals surface area contributed by atoms with E-state index in [0.29, 0.717) is 12.1 Å². The lowest BCUT2D eigenvalue weighted by Crippen LogP contribution is -2.38. The predicted octanol–water partition coefficient (Wildman–Crippen LogP) is 3.89. The van der Waals surface area contributed by atoms with Crippen LogP contribution in [0.1, 0.15) is 71.1 Å². The van der Waals surface area contributed by atoms with E-state index in [0.717, 1.165) is 6.61 Å². The summed E-state index contributed by atoms with van der Waals surface area (Å²) in [5.41, 5.74) is 0. The fourth-order valence-electron chi connectivity index (χ4n) is 2.74. The highest BCUT2D eigenvalue weighted by Gasteiger charge is 2.22. The molecule has 0 amide bonds. The maximum Gasteiger partial charge on any atom is 0.0727 e. The average molecular weight is 241 g/mol. The van der Waals surface area contributed by atoms with Crippen LogP contribution in [0.15, 0.2) is 0 Å². The van der Waals surface area contributed by atoms with Crippen molar-refractivity contribution in [2.75, 3.05) is 13.7 Å². The Bertz CT molecular complexity index is 172. The molecule has 2 unspecified atom stereocenters. The van der Waals surface area contributed by atoms with Crippen molar-refractivity contribution in [1.29, 1.82) is 0 Å². The van der Waals surface area contributed by atoms with Crippen LogP contribution >= 0.6 is 0 Å². The third kappa shape index (κ3) is 6.42. The van der Waals surface area contributed by atoms with Crippen molar-refractivity contribution in [3.05, 3.63) is 0 Å². The van der Waals surface area contributed by atoms with Crippen LogP contribution in [-0.2, 0) is 4.74 Å². The molecule has 102 valence electrons. The van der Waals surface area contributed by atoms with Crippen molar-refractivity contribution in [1.82, 2.24) is 5.32 Å². The third-order valence-electron chi connectivity index (χ3n) is 3.90. The van der Waals surface area contributed by atoms with E-state index < -0.39 is 0 Å². The van der Waals surface area contributed by atoms with Crippen molar-refractivity contribution in [2.45, 2.75) is 83.3 Å². The van der Waals surface area contributed by atoms with E-state index in [1.807, 2.05) is 0 Å². The largest absolute Gasteiger partial charge is 0.377 e. The van der Waals surface area contributed by atoms with Gasteiger partial charge in [0, 0.05) is 12.6 Å². The van der Waals surface area contributed by atoms with Crippen LogP contribution in [0, 0.1) is 0 Å². The first-order chi connectivity index (χ1) is 8.38. The van der Waals surface area contributed by atoms with Crippen molar-refractivity contribution in [2.24, 2.45) is 0 Å². The van der Waals surface area contributed by atoms with E-state index >= 15 is 0 Å². The number of hydrogen-bond donors (Lipinski definition) is 1. The number of ether oxygens (including phenoxy) is 1. The zero-order valence-corrected chi connectivity index (χ0v) is 11.8. The Kier molecular flexibility index (Phi) is 8.72. The molecular formula is C15H31NO. The van der Waals surface area contributed by atoms with Crippen LogP contribution in [-0.4, -0.2) is 25.8 Å². The minimum absolute atomic E-state index is 0.466. The summed E-state index contributed by atoms with van der Waals surface area (Å²) in [6, 6.07) is 0.591. The van der Waals surface area contributed by atoms with Gasteiger partial charge in [-0.3, -0.25) is 0 Å². The average Bonchev–Trinajstić information content (AvgIpc) is 2.58. The predicted molar refractivity (Wildman–Crippen MR) is 74.4 cm³/mol. The summed E-state index contributed by atoms with van der Waals surface area (Å²) in [5.74, 6) is 0. The molecule has 1 aliphatic rings. The topological polar surface area (TPSA) is 21.3 Å². The van der Waals surface area contributed by atoms with Gasteiger partial charge in [-0.15, -0.1) is 0 Å². The molecular weight excluding hydrogens is 210 g/mol. The molecule has 2 nitrogen and oxygen atoms in total. The fourth-order valence-corrected chi connectivity index (χ4v) is 2.74. The summed E-state index contributed by atoms with van der Waals surface area (Å²) in [6.45, 7) is 3.23. The van der Waals surface area contributed by atoms with E-state index in [1.54, 1.807) is 0 Å². The van der Waals surface area contributed by atoms with Crippen LogP contribution in [0.25, 0.3) is 0 Å². The highest BCUT2D eigenvalue weighted by Crippen LogP contribution is 2.20. The number of hydrogen-bond acceptors (Lipinski definition) is 2. The fraction of sp³-hybridized carbons (Fsp3) is 1.00. The van der Waals surface area contributed by atoms with E-state index in [2.05, 4.69) is 19.3 Å². The number of likely N-dealkylation sites (N-methyl/N-ethyl adjacent to an activating group) is 1. The molecule has 0 saturated heterocycles. The van der Waals surface area contributed by atoms with E-state index in [9.17, 15) is 0 Å². The van der Waals surface area contributed by atoms with E-state index in [-0.39, 0.29) is 0 Å². The van der Waals surface area contributed by atoms with Gasteiger partial charge in [0.2, 0.25) is 0 Å². The van der Waals surface area contributed by atoms with Gasteiger partial charge in [-0.2, -0.15) is 0 Å². The molecule has 2 atom stereocenters. The second-order valence-corrected chi connectivity index (χ2v) is 5.36. The first-order valence-corrected chi connectivity index (χ1v) is 7.67. The Morgan fingerprint density at radius 3 is 2.53 bits per heavy atom. The van der Waals surface area contributed by atoms with E-state index in [1.165, 1.54) is 64.2 Å². The Balaban J connectivity index is 2.10. The van der Waals surface area contributed by atoms with Gasteiger partial charge in [0.25, 0.3) is 0 Å². The van der Waals surface area contributed by atoms with Gasteiger partial charge in [0.05, 0.1) is 6.10 Å². The Hall–Kier alpha value is -0.0800. The van der Waals surface area contributed by atoms with Crippen molar-refractivity contribution in [3.8, 4) is 0 Å². The summed E-state index contributed by atoms with van der Waals surface area (Å²) in [6.07, 6.45) is 13.8. The molecule has 0 aromatic carbocycles. The molecule has 1 aliphatic carbocycles. The molecule has 0 aromatic rings. The zero-order chi connectivity index (χ0) is 12.3. The molecule has 0 aromatic heterocycles. The van der Waals surface area contributed by atoms with Crippen molar-refractivity contribution >= 4 is 0 Å². The molecule has 1 N–H and O–H groups in total. The molecule has 1 saturated carbocycles. The lowest BCUT2D eigenvalue weighted by atomic mass is 10.1. The van der Waals surface area contributed by atoms with Gasteiger partial charge < -0.3 is 10.1 Å². The van der Waals surface area contributed by atoms with E-state index in [4.69, 9.17) is 4.74 Å². The second kappa shape index (κ2) is 9.90. The number of unbranched alkanes of at least 4 members (excludes halogenated alkanes) is 4. The summed E-state index contributed by atoms with van der Waals surface area (Å²) >= 11 is 0. The summed E-state index contributed by atoms with van der Waals surface area (Å²) in [4.78, 5) is 0. The van der Waals surface area contributed by atoms with Crippen molar-refractivity contribution in [3.63, 3.8) is 0 Å². The van der Waals surface area contributed by atoms with Crippen LogP contribution in [0.2, 0.25) is 0 Å².